The molecule has 1 heterocycles. The van der Waals surface area contributed by atoms with Gasteiger partial charge >= 0.3 is 0 Å². The maximum absolute atomic E-state index is 5.88. The van der Waals surface area contributed by atoms with Gasteiger partial charge in [-0.2, -0.15) is 0 Å². The predicted molar refractivity (Wildman–Crippen MR) is 87.4 cm³/mol. The van der Waals surface area contributed by atoms with E-state index in [9.17, 15) is 0 Å². The minimum atomic E-state index is 0.370. The molecule has 1 fully saturated rings. The molecule has 0 saturated carbocycles. The number of nitrogens with one attached hydrogen (secondary N) is 1. The topological polar surface area (TPSA) is 24.5 Å². The molecule has 1 unspecified atom stereocenters. The molecule has 1 aliphatic rings. The minimum Gasteiger partial charge on any atom is -0.491 e. The Morgan fingerprint density at radius 1 is 1.35 bits per heavy atom. The summed E-state index contributed by atoms with van der Waals surface area (Å²) < 4.78 is 6.93. The number of hydrogen-bond acceptors (Lipinski definition) is 3. The minimum absolute atomic E-state index is 0.370. The van der Waals surface area contributed by atoms with Crippen LogP contribution in [0.4, 0.5) is 0 Å². The molecule has 20 heavy (non-hydrogen) atoms. The third kappa shape index (κ3) is 4.47. The molecule has 1 aromatic rings. The van der Waals surface area contributed by atoms with Crippen LogP contribution in [0.25, 0.3) is 0 Å². The van der Waals surface area contributed by atoms with Gasteiger partial charge in [0.25, 0.3) is 0 Å². The number of ether oxygens (including phenoxy) is 1. The smallest absolute Gasteiger partial charge is 0.133 e. The summed E-state index contributed by atoms with van der Waals surface area (Å²) in [6, 6.07) is 6.73. The molecule has 0 aromatic heterocycles. The van der Waals surface area contributed by atoms with Crippen LogP contribution >= 0.6 is 15.9 Å². The van der Waals surface area contributed by atoms with Gasteiger partial charge in [-0.15, -0.1) is 0 Å². The van der Waals surface area contributed by atoms with Crippen molar-refractivity contribution in [3.8, 4) is 5.75 Å². The van der Waals surface area contributed by atoms with Gasteiger partial charge < -0.3 is 10.1 Å². The second-order valence-corrected chi connectivity index (χ2v) is 6.22. The molecule has 1 saturated heterocycles. The van der Waals surface area contributed by atoms with Gasteiger partial charge in [-0.25, -0.2) is 0 Å². The zero-order chi connectivity index (χ0) is 14.4. The number of halogens is 1. The molecular weight excluding hydrogens is 316 g/mol. The van der Waals surface area contributed by atoms with Crippen molar-refractivity contribution in [3.05, 3.63) is 28.2 Å². The van der Waals surface area contributed by atoms with Crippen molar-refractivity contribution >= 4 is 15.9 Å². The first kappa shape index (κ1) is 15.8. The fourth-order valence-corrected chi connectivity index (χ4v) is 3.13. The van der Waals surface area contributed by atoms with E-state index in [0.717, 1.165) is 29.9 Å². The van der Waals surface area contributed by atoms with Crippen LogP contribution < -0.4 is 10.1 Å². The molecule has 112 valence electrons. The lowest BCUT2D eigenvalue weighted by molar-refractivity contribution is 0.237. The number of hydrogen-bond donors (Lipinski definition) is 1. The Labute approximate surface area is 130 Å². The third-order valence-electron chi connectivity index (χ3n) is 3.83. The first-order valence-corrected chi connectivity index (χ1v) is 8.38. The summed E-state index contributed by atoms with van der Waals surface area (Å²) >= 11 is 3.61. The van der Waals surface area contributed by atoms with Gasteiger partial charge in [0.15, 0.2) is 0 Å². The zero-order valence-electron chi connectivity index (χ0n) is 12.5. The van der Waals surface area contributed by atoms with Gasteiger partial charge in [-0.05, 0) is 73.0 Å². The highest BCUT2D eigenvalue weighted by Gasteiger charge is 2.12. The molecule has 0 amide bonds. The molecule has 1 atom stereocenters. The lowest BCUT2D eigenvalue weighted by Gasteiger charge is -2.17. The highest BCUT2D eigenvalue weighted by Crippen LogP contribution is 2.28. The Kier molecular flexibility index (Phi) is 6.33. The summed E-state index contributed by atoms with van der Waals surface area (Å²) in [5.41, 5.74) is 1.28. The SMILES string of the molecule is CCNC(C)c1ccc(OCCN2CCCC2)c(Br)c1. The van der Waals surface area contributed by atoms with Gasteiger partial charge in [0.2, 0.25) is 0 Å². The van der Waals surface area contributed by atoms with E-state index in [1.807, 2.05) is 0 Å². The normalized spacial score (nSPS) is 17.4. The maximum Gasteiger partial charge on any atom is 0.133 e. The van der Waals surface area contributed by atoms with Gasteiger partial charge in [-0.3, -0.25) is 4.90 Å². The highest BCUT2D eigenvalue weighted by molar-refractivity contribution is 9.10. The Morgan fingerprint density at radius 3 is 2.75 bits per heavy atom. The highest BCUT2D eigenvalue weighted by atomic mass is 79.9. The van der Waals surface area contributed by atoms with Crippen molar-refractivity contribution < 1.29 is 4.74 Å². The fraction of sp³-hybridized carbons (Fsp3) is 0.625. The van der Waals surface area contributed by atoms with Crippen LogP contribution in [0.5, 0.6) is 5.75 Å². The van der Waals surface area contributed by atoms with Gasteiger partial charge in [0.1, 0.15) is 12.4 Å². The Morgan fingerprint density at radius 2 is 2.10 bits per heavy atom. The number of nitrogens with zero attached hydrogens (tertiary/aromatic N) is 1. The van der Waals surface area contributed by atoms with Gasteiger partial charge in [-0.1, -0.05) is 13.0 Å². The molecule has 0 spiro atoms. The monoisotopic (exact) mass is 340 g/mol. The number of benzene rings is 1. The molecule has 0 aliphatic carbocycles. The van der Waals surface area contributed by atoms with E-state index < -0.39 is 0 Å². The average molecular weight is 341 g/mol. The summed E-state index contributed by atoms with van der Waals surface area (Å²) in [6.45, 7) is 9.53. The second-order valence-electron chi connectivity index (χ2n) is 5.37. The Hall–Kier alpha value is -0.580. The quantitative estimate of drug-likeness (QED) is 0.820. The van der Waals surface area contributed by atoms with Crippen molar-refractivity contribution in [1.82, 2.24) is 10.2 Å². The lowest BCUT2D eigenvalue weighted by Crippen LogP contribution is -2.25. The Balaban J connectivity index is 1.85. The van der Waals surface area contributed by atoms with Crippen LogP contribution in [0.1, 0.15) is 38.3 Å². The van der Waals surface area contributed by atoms with Crippen LogP contribution in [-0.4, -0.2) is 37.7 Å². The Bertz CT molecular complexity index is 419. The summed E-state index contributed by atoms with van der Waals surface area (Å²) in [5, 5.41) is 3.42. The largest absolute Gasteiger partial charge is 0.491 e. The van der Waals surface area contributed by atoms with Gasteiger partial charge in [0.05, 0.1) is 4.47 Å². The summed E-state index contributed by atoms with van der Waals surface area (Å²) in [6.07, 6.45) is 2.67. The number of likely N-dealkylation sites (tertiary alicyclic amines) is 1. The van der Waals surface area contributed by atoms with E-state index in [2.05, 4.69) is 58.2 Å². The molecule has 4 heteroatoms. The van der Waals surface area contributed by atoms with E-state index in [1.54, 1.807) is 0 Å². The van der Waals surface area contributed by atoms with Crippen molar-refractivity contribution in [2.24, 2.45) is 0 Å². The predicted octanol–water partition coefficient (Wildman–Crippen LogP) is 3.59. The molecule has 2 rings (SSSR count). The zero-order valence-corrected chi connectivity index (χ0v) is 14.1. The van der Waals surface area contributed by atoms with Crippen molar-refractivity contribution in [2.75, 3.05) is 32.8 Å². The molecule has 3 nitrogen and oxygen atoms in total. The maximum atomic E-state index is 5.88. The van der Waals surface area contributed by atoms with Gasteiger partial charge in [0, 0.05) is 12.6 Å². The number of rotatable bonds is 7. The fourth-order valence-electron chi connectivity index (χ4n) is 2.62. The summed E-state index contributed by atoms with van der Waals surface area (Å²) in [5.74, 6) is 0.941. The van der Waals surface area contributed by atoms with E-state index in [1.165, 1.54) is 31.5 Å². The van der Waals surface area contributed by atoms with Crippen molar-refractivity contribution in [2.45, 2.75) is 32.7 Å². The van der Waals surface area contributed by atoms with E-state index in [-0.39, 0.29) is 0 Å². The lowest BCUT2D eigenvalue weighted by atomic mass is 10.1. The molecular formula is C16H25BrN2O. The van der Waals surface area contributed by atoms with Crippen molar-refractivity contribution in [1.29, 1.82) is 0 Å². The first-order chi connectivity index (χ1) is 9.70. The molecule has 0 bridgehead atoms. The van der Waals surface area contributed by atoms with Crippen LogP contribution in [0.2, 0.25) is 0 Å². The molecule has 1 N–H and O–H groups in total. The van der Waals surface area contributed by atoms with Crippen LogP contribution in [0.3, 0.4) is 0 Å². The van der Waals surface area contributed by atoms with Crippen molar-refractivity contribution in [3.63, 3.8) is 0 Å². The second kappa shape index (κ2) is 8.01. The van der Waals surface area contributed by atoms with Crippen LogP contribution in [-0.2, 0) is 0 Å². The average Bonchev–Trinajstić information content (AvgIpc) is 2.94. The van der Waals surface area contributed by atoms with Crippen LogP contribution in [0, 0.1) is 0 Å². The summed E-state index contributed by atoms with van der Waals surface area (Å²) in [7, 11) is 0. The molecule has 0 radical (unpaired) electrons. The van der Waals surface area contributed by atoms with E-state index >= 15 is 0 Å². The third-order valence-corrected chi connectivity index (χ3v) is 4.45. The van der Waals surface area contributed by atoms with E-state index in [4.69, 9.17) is 4.74 Å². The first-order valence-electron chi connectivity index (χ1n) is 7.58. The molecule has 1 aliphatic heterocycles. The van der Waals surface area contributed by atoms with Crippen LogP contribution in [0.15, 0.2) is 22.7 Å². The molecule has 1 aromatic carbocycles. The summed E-state index contributed by atoms with van der Waals surface area (Å²) in [4.78, 5) is 2.47. The standard InChI is InChI=1S/C16H25BrN2O/c1-3-18-13(2)14-6-7-16(15(17)12-14)20-11-10-19-8-4-5-9-19/h6-7,12-13,18H,3-5,8-11H2,1-2H3. The van der Waals surface area contributed by atoms with E-state index in [0.29, 0.717) is 6.04 Å².